The predicted octanol–water partition coefficient (Wildman–Crippen LogP) is 2.94. The SMILES string of the molecule is Cn1cnnc1Sc1ccc(C(=O)NCc2cccc(F)c2)cc1[N+](=O)[O-]. The number of halogens is 1. The molecule has 10 heteroatoms. The fourth-order valence-electron chi connectivity index (χ4n) is 2.28. The first kappa shape index (κ1) is 18.5. The Hall–Kier alpha value is -3.27. The van der Waals surface area contributed by atoms with Crippen LogP contribution in [0.25, 0.3) is 0 Å². The summed E-state index contributed by atoms with van der Waals surface area (Å²) in [5.74, 6) is -0.889. The lowest BCUT2D eigenvalue weighted by Crippen LogP contribution is -2.22. The molecule has 0 radical (unpaired) electrons. The molecule has 3 aromatic rings. The highest BCUT2D eigenvalue weighted by molar-refractivity contribution is 7.99. The maximum absolute atomic E-state index is 13.2. The summed E-state index contributed by atoms with van der Waals surface area (Å²) in [6.07, 6.45) is 1.49. The van der Waals surface area contributed by atoms with Crippen LogP contribution in [-0.2, 0) is 13.6 Å². The lowest BCUT2D eigenvalue weighted by molar-refractivity contribution is -0.387. The van der Waals surface area contributed by atoms with Crippen LogP contribution in [0.1, 0.15) is 15.9 Å². The van der Waals surface area contributed by atoms with Crippen molar-refractivity contribution in [3.63, 3.8) is 0 Å². The molecule has 1 aromatic heterocycles. The molecule has 8 nitrogen and oxygen atoms in total. The van der Waals surface area contributed by atoms with E-state index in [1.807, 2.05) is 0 Å². The largest absolute Gasteiger partial charge is 0.348 e. The van der Waals surface area contributed by atoms with Crippen LogP contribution in [0.4, 0.5) is 10.1 Å². The van der Waals surface area contributed by atoms with E-state index in [0.717, 1.165) is 11.8 Å². The van der Waals surface area contributed by atoms with Crippen molar-refractivity contribution in [2.75, 3.05) is 0 Å². The highest BCUT2D eigenvalue weighted by atomic mass is 32.2. The van der Waals surface area contributed by atoms with E-state index in [1.54, 1.807) is 23.7 Å². The van der Waals surface area contributed by atoms with Crippen LogP contribution in [0.3, 0.4) is 0 Å². The number of amides is 1. The quantitative estimate of drug-likeness (QED) is 0.515. The Morgan fingerprint density at radius 1 is 1.33 bits per heavy atom. The molecule has 27 heavy (non-hydrogen) atoms. The number of nitrogens with zero attached hydrogens (tertiary/aromatic N) is 4. The van der Waals surface area contributed by atoms with Crippen molar-refractivity contribution in [2.45, 2.75) is 16.6 Å². The molecule has 138 valence electrons. The summed E-state index contributed by atoms with van der Waals surface area (Å²) in [7, 11) is 1.72. The monoisotopic (exact) mass is 387 g/mol. The molecule has 0 aliphatic heterocycles. The van der Waals surface area contributed by atoms with Crippen molar-refractivity contribution in [3.05, 3.63) is 75.9 Å². The number of benzene rings is 2. The molecular formula is C17H14FN5O3S. The third-order valence-electron chi connectivity index (χ3n) is 3.63. The van der Waals surface area contributed by atoms with Gasteiger partial charge in [-0.25, -0.2) is 4.39 Å². The van der Waals surface area contributed by atoms with Gasteiger partial charge in [0.2, 0.25) is 0 Å². The Morgan fingerprint density at radius 2 is 2.15 bits per heavy atom. The number of rotatable bonds is 6. The molecular weight excluding hydrogens is 373 g/mol. The van der Waals surface area contributed by atoms with Crippen molar-refractivity contribution >= 4 is 23.4 Å². The van der Waals surface area contributed by atoms with Gasteiger partial charge in [0.05, 0.1) is 9.82 Å². The number of aromatic nitrogens is 3. The number of hydrogen-bond acceptors (Lipinski definition) is 6. The summed E-state index contributed by atoms with van der Waals surface area (Å²) < 4.78 is 14.8. The van der Waals surface area contributed by atoms with Gasteiger partial charge in [-0.3, -0.25) is 14.9 Å². The highest BCUT2D eigenvalue weighted by Gasteiger charge is 2.20. The fraction of sp³-hybridized carbons (Fsp3) is 0.118. The zero-order chi connectivity index (χ0) is 19.4. The van der Waals surface area contributed by atoms with Gasteiger partial charge < -0.3 is 9.88 Å². The van der Waals surface area contributed by atoms with Crippen molar-refractivity contribution in [1.29, 1.82) is 0 Å². The molecule has 0 atom stereocenters. The number of nitro groups is 1. The first-order chi connectivity index (χ1) is 12.9. The summed E-state index contributed by atoms with van der Waals surface area (Å²) in [5, 5.41) is 22.1. The number of hydrogen-bond donors (Lipinski definition) is 1. The van der Waals surface area contributed by atoms with Crippen LogP contribution in [0.5, 0.6) is 0 Å². The number of nitro benzene ring substituents is 1. The molecule has 0 bridgehead atoms. The van der Waals surface area contributed by atoms with Gasteiger partial charge in [-0.2, -0.15) is 0 Å². The zero-order valence-electron chi connectivity index (χ0n) is 14.1. The standard InChI is InChI=1S/C17H14FN5O3S/c1-22-10-20-21-17(22)27-15-6-5-12(8-14(15)23(25)26)16(24)19-9-11-3-2-4-13(18)7-11/h2-8,10H,9H2,1H3,(H,19,24). The Morgan fingerprint density at radius 3 is 2.81 bits per heavy atom. The van der Waals surface area contributed by atoms with Crippen molar-refractivity contribution in [1.82, 2.24) is 20.1 Å². The molecule has 1 N–H and O–H groups in total. The van der Waals surface area contributed by atoms with Crippen LogP contribution in [0, 0.1) is 15.9 Å². The first-order valence-corrected chi connectivity index (χ1v) is 8.58. The van der Waals surface area contributed by atoms with Gasteiger partial charge in [0.1, 0.15) is 12.1 Å². The van der Waals surface area contributed by atoms with Gasteiger partial charge in [-0.15, -0.1) is 10.2 Å². The van der Waals surface area contributed by atoms with E-state index >= 15 is 0 Å². The van der Waals surface area contributed by atoms with E-state index < -0.39 is 16.6 Å². The second-order valence-corrected chi connectivity index (χ2v) is 6.59. The molecule has 0 unspecified atom stereocenters. The summed E-state index contributed by atoms with van der Waals surface area (Å²) in [4.78, 5) is 23.5. The summed E-state index contributed by atoms with van der Waals surface area (Å²) in [6.45, 7) is 0.111. The molecule has 2 aromatic carbocycles. The molecule has 0 spiro atoms. The number of aryl methyl sites for hydroxylation is 1. The van der Waals surface area contributed by atoms with E-state index in [9.17, 15) is 19.3 Å². The lowest BCUT2D eigenvalue weighted by atomic mass is 10.1. The smallest absolute Gasteiger partial charge is 0.284 e. The van der Waals surface area contributed by atoms with Crippen LogP contribution in [-0.4, -0.2) is 25.6 Å². The second-order valence-electron chi connectivity index (χ2n) is 5.58. The molecule has 3 rings (SSSR count). The predicted molar refractivity (Wildman–Crippen MR) is 95.8 cm³/mol. The normalized spacial score (nSPS) is 10.6. The van der Waals surface area contributed by atoms with Crippen molar-refractivity contribution < 1.29 is 14.1 Å². The molecule has 0 fully saturated rings. The first-order valence-electron chi connectivity index (χ1n) is 7.77. The average molecular weight is 387 g/mol. The molecule has 1 amide bonds. The zero-order valence-corrected chi connectivity index (χ0v) is 14.9. The summed E-state index contributed by atoms with van der Waals surface area (Å²) in [6, 6.07) is 10.0. The van der Waals surface area contributed by atoms with E-state index in [1.165, 1.54) is 36.7 Å². The highest BCUT2D eigenvalue weighted by Crippen LogP contribution is 2.34. The third-order valence-corrected chi connectivity index (χ3v) is 4.75. The number of nitrogens with one attached hydrogen (secondary N) is 1. The van der Waals surface area contributed by atoms with Crippen LogP contribution < -0.4 is 5.32 Å². The van der Waals surface area contributed by atoms with Gasteiger partial charge in [0.15, 0.2) is 5.16 Å². The Balaban J connectivity index is 1.77. The maximum Gasteiger partial charge on any atom is 0.284 e. The van der Waals surface area contributed by atoms with Gasteiger partial charge in [0, 0.05) is 25.2 Å². The van der Waals surface area contributed by atoms with E-state index in [2.05, 4.69) is 15.5 Å². The van der Waals surface area contributed by atoms with E-state index in [-0.39, 0.29) is 17.8 Å². The molecule has 1 heterocycles. The Bertz CT molecular complexity index is 1010. The third kappa shape index (κ3) is 4.47. The van der Waals surface area contributed by atoms with Gasteiger partial charge in [0.25, 0.3) is 11.6 Å². The topological polar surface area (TPSA) is 103 Å². The van der Waals surface area contributed by atoms with Gasteiger partial charge in [-0.05, 0) is 41.6 Å². The van der Waals surface area contributed by atoms with E-state index in [4.69, 9.17) is 0 Å². The van der Waals surface area contributed by atoms with Crippen molar-refractivity contribution in [2.24, 2.45) is 7.05 Å². The summed E-state index contributed by atoms with van der Waals surface area (Å²) >= 11 is 1.08. The van der Waals surface area contributed by atoms with Crippen LogP contribution in [0.2, 0.25) is 0 Å². The molecule has 0 saturated carbocycles. The second kappa shape index (κ2) is 7.96. The maximum atomic E-state index is 13.2. The molecule has 0 aliphatic rings. The number of carbonyl (C=O) groups is 1. The molecule has 0 saturated heterocycles. The van der Waals surface area contributed by atoms with Gasteiger partial charge in [-0.1, -0.05) is 12.1 Å². The van der Waals surface area contributed by atoms with Crippen LogP contribution >= 0.6 is 11.8 Å². The minimum Gasteiger partial charge on any atom is -0.348 e. The Labute approximate surface area is 157 Å². The molecule has 0 aliphatic carbocycles. The Kier molecular flexibility index (Phi) is 5.46. The average Bonchev–Trinajstić information content (AvgIpc) is 3.04. The minimum absolute atomic E-state index is 0.111. The van der Waals surface area contributed by atoms with Gasteiger partial charge >= 0.3 is 0 Å². The summed E-state index contributed by atoms with van der Waals surface area (Å²) in [5.41, 5.74) is 0.522. The van der Waals surface area contributed by atoms with Crippen LogP contribution in [0.15, 0.2) is 58.8 Å². The minimum atomic E-state index is -0.554. The van der Waals surface area contributed by atoms with E-state index in [0.29, 0.717) is 15.6 Å². The van der Waals surface area contributed by atoms with Crippen molar-refractivity contribution in [3.8, 4) is 0 Å². The number of carbonyl (C=O) groups excluding carboxylic acids is 1. The fourth-order valence-corrected chi connectivity index (χ4v) is 3.13. The lowest BCUT2D eigenvalue weighted by Gasteiger charge is -2.07.